The highest BCUT2D eigenvalue weighted by atomic mass is 19.4. The second-order valence-corrected chi connectivity index (χ2v) is 6.37. The van der Waals surface area contributed by atoms with Gasteiger partial charge in [-0.2, -0.15) is 13.2 Å². The van der Waals surface area contributed by atoms with Crippen LogP contribution in [0.3, 0.4) is 0 Å². The summed E-state index contributed by atoms with van der Waals surface area (Å²) in [4.78, 5) is 36.9. The van der Waals surface area contributed by atoms with Crippen LogP contribution in [0, 0.1) is 0 Å². The lowest BCUT2D eigenvalue weighted by molar-refractivity contribution is -0.140. The van der Waals surface area contributed by atoms with Crippen molar-refractivity contribution in [3.63, 3.8) is 0 Å². The molecule has 0 aliphatic heterocycles. The predicted octanol–water partition coefficient (Wildman–Crippen LogP) is 3.55. The molecular formula is C22H22F3NO6. The van der Waals surface area contributed by atoms with E-state index in [4.69, 9.17) is 14.2 Å². The first kappa shape index (κ1) is 24.7. The highest BCUT2D eigenvalue weighted by molar-refractivity contribution is 6.14. The van der Waals surface area contributed by atoms with Crippen molar-refractivity contribution in [1.82, 2.24) is 5.32 Å². The van der Waals surface area contributed by atoms with Crippen LogP contribution in [0.5, 0.6) is 11.5 Å². The molecule has 0 fully saturated rings. The summed E-state index contributed by atoms with van der Waals surface area (Å²) in [5, 5.41) is 1.59. The van der Waals surface area contributed by atoms with Crippen molar-refractivity contribution >= 4 is 17.7 Å². The molecule has 0 aliphatic carbocycles. The summed E-state index contributed by atoms with van der Waals surface area (Å²) in [6, 6.07) is 10.3. The number of carbonyl (C=O) groups is 3. The van der Waals surface area contributed by atoms with E-state index in [0.29, 0.717) is 24.7 Å². The maximum absolute atomic E-state index is 13.0. The Morgan fingerprint density at radius 3 is 2.16 bits per heavy atom. The third kappa shape index (κ3) is 7.00. The summed E-state index contributed by atoms with van der Waals surface area (Å²) in [5.41, 5.74) is 0.0906. The van der Waals surface area contributed by atoms with Crippen molar-refractivity contribution in [2.75, 3.05) is 26.4 Å². The Balaban J connectivity index is 2.18. The highest BCUT2D eigenvalue weighted by Crippen LogP contribution is 2.30. The number of ether oxygens (including phenoxy) is 3. The Morgan fingerprint density at radius 2 is 1.53 bits per heavy atom. The standard InChI is InChI=1S/C22H22F3NO6/c1-3-30-17-10-9-14(11-18(17)31-4-2)20(28)15-7-5-6-8-16(15)21(29)32-12-19(27)26-13-22(23,24)25/h5-11H,3-4,12-13H2,1-2H3,(H,26,27). The molecule has 32 heavy (non-hydrogen) atoms. The molecule has 2 aromatic rings. The lowest BCUT2D eigenvalue weighted by Crippen LogP contribution is -2.36. The smallest absolute Gasteiger partial charge is 0.405 e. The van der Waals surface area contributed by atoms with Gasteiger partial charge in [-0.05, 0) is 38.1 Å². The van der Waals surface area contributed by atoms with Gasteiger partial charge in [-0.3, -0.25) is 9.59 Å². The molecule has 1 amide bonds. The molecule has 0 aliphatic rings. The first-order valence-electron chi connectivity index (χ1n) is 9.70. The van der Waals surface area contributed by atoms with E-state index in [2.05, 4.69) is 0 Å². The maximum atomic E-state index is 13.0. The number of amides is 1. The molecule has 0 atom stereocenters. The molecule has 2 aromatic carbocycles. The molecule has 10 heteroatoms. The van der Waals surface area contributed by atoms with Gasteiger partial charge < -0.3 is 19.5 Å². The Morgan fingerprint density at radius 1 is 0.906 bits per heavy atom. The molecular weight excluding hydrogens is 431 g/mol. The lowest BCUT2D eigenvalue weighted by Gasteiger charge is -2.13. The minimum absolute atomic E-state index is 0.000178. The number of hydrogen-bond donors (Lipinski definition) is 1. The van der Waals surface area contributed by atoms with Crippen molar-refractivity contribution in [3.8, 4) is 11.5 Å². The van der Waals surface area contributed by atoms with Gasteiger partial charge in [0.25, 0.3) is 5.91 Å². The second kappa shape index (κ2) is 11.2. The third-order valence-corrected chi connectivity index (χ3v) is 4.02. The van der Waals surface area contributed by atoms with Crippen LogP contribution in [-0.2, 0) is 9.53 Å². The quantitative estimate of drug-likeness (QED) is 0.437. The van der Waals surface area contributed by atoms with Crippen LogP contribution in [0.15, 0.2) is 42.5 Å². The van der Waals surface area contributed by atoms with Gasteiger partial charge in [0.2, 0.25) is 0 Å². The summed E-state index contributed by atoms with van der Waals surface area (Å²) >= 11 is 0. The number of halogens is 3. The minimum atomic E-state index is -4.59. The number of ketones is 1. The van der Waals surface area contributed by atoms with Crippen molar-refractivity contribution < 1.29 is 41.8 Å². The van der Waals surface area contributed by atoms with Crippen LogP contribution in [0.2, 0.25) is 0 Å². The van der Waals surface area contributed by atoms with E-state index < -0.39 is 37.0 Å². The van der Waals surface area contributed by atoms with E-state index in [1.54, 1.807) is 25.2 Å². The lowest BCUT2D eigenvalue weighted by atomic mass is 9.98. The minimum Gasteiger partial charge on any atom is -0.490 e. The van der Waals surface area contributed by atoms with E-state index in [1.165, 1.54) is 36.4 Å². The van der Waals surface area contributed by atoms with Gasteiger partial charge in [-0.25, -0.2) is 4.79 Å². The van der Waals surface area contributed by atoms with Gasteiger partial charge >= 0.3 is 12.1 Å². The van der Waals surface area contributed by atoms with E-state index >= 15 is 0 Å². The molecule has 0 unspecified atom stereocenters. The van der Waals surface area contributed by atoms with E-state index in [-0.39, 0.29) is 16.7 Å². The van der Waals surface area contributed by atoms with E-state index in [1.807, 2.05) is 0 Å². The van der Waals surface area contributed by atoms with E-state index in [0.717, 1.165) is 0 Å². The number of rotatable bonds is 10. The SMILES string of the molecule is CCOc1ccc(C(=O)c2ccccc2C(=O)OCC(=O)NCC(F)(F)F)cc1OCC. The molecule has 0 bridgehead atoms. The van der Waals surface area contributed by atoms with Crippen LogP contribution in [-0.4, -0.2) is 50.2 Å². The van der Waals surface area contributed by atoms with Crippen molar-refractivity contribution in [3.05, 3.63) is 59.2 Å². The normalized spacial score (nSPS) is 10.9. The van der Waals surface area contributed by atoms with Gasteiger partial charge in [-0.15, -0.1) is 0 Å². The maximum Gasteiger partial charge on any atom is 0.405 e. The van der Waals surface area contributed by atoms with Crippen LogP contribution < -0.4 is 14.8 Å². The summed E-state index contributed by atoms with van der Waals surface area (Å²) in [7, 11) is 0. The van der Waals surface area contributed by atoms with Gasteiger partial charge in [0, 0.05) is 11.1 Å². The Labute approximate surface area is 182 Å². The van der Waals surface area contributed by atoms with Crippen molar-refractivity contribution in [1.29, 1.82) is 0 Å². The summed E-state index contributed by atoms with van der Waals surface area (Å²) in [5.74, 6) is -1.83. The number of hydrogen-bond acceptors (Lipinski definition) is 6. The van der Waals surface area contributed by atoms with Crippen LogP contribution in [0.4, 0.5) is 13.2 Å². The molecule has 0 aromatic heterocycles. The molecule has 0 heterocycles. The van der Waals surface area contributed by atoms with Crippen molar-refractivity contribution in [2.45, 2.75) is 20.0 Å². The Bertz CT molecular complexity index is 974. The van der Waals surface area contributed by atoms with Crippen LogP contribution >= 0.6 is 0 Å². The largest absolute Gasteiger partial charge is 0.490 e. The molecule has 0 radical (unpaired) electrons. The zero-order chi connectivity index (χ0) is 23.7. The zero-order valence-corrected chi connectivity index (χ0v) is 17.5. The predicted molar refractivity (Wildman–Crippen MR) is 108 cm³/mol. The first-order chi connectivity index (χ1) is 15.2. The summed E-state index contributed by atoms with van der Waals surface area (Å²) < 4.78 is 52.2. The molecule has 1 N–H and O–H groups in total. The average Bonchev–Trinajstić information content (AvgIpc) is 2.76. The fourth-order valence-electron chi connectivity index (χ4n) is 2.67. The van der Waals surface area contributed by atoms with Gasteiger partial charge in [0.15, 0.2) is 23.9 Å². The molecule has 2 rings (SSSR count). The average molecular weight is 453 g/mol. The summed E-state index contributed by atoms with van der Waals surface area (Å²) in [6.07, 6.45) is -4.59. The van der Waals surface area contributed by atoms with Crippen molar-refractivity contribution in [2.24, 2.45) is 0 Å². The van der Waals surface area contributed by atoms with Gasteiger partial charge in [0.05, 0.1) is 18.8 Å². The number of esters is 1. The zero-order valence-electron chi connectivity index (χ0n) is 17.5. The topological polar surface area (TPSA) is 90.9 Å². The number of benzene rings is 2. The third-order valence-electron chi connectivity index (χ3n) is 4.02. The molecule has 0 saturated heterocycles. The fourth-order valence-corrected chi connectivity index (χ4v) is 2.67. The Kier molecular flexibility index (Phi) is 8.62. The van der Waals surface area contributed by atoms with Crippen LogP contribution in [0.1, 0.15) is 40.1 Å². The number of alkyl halides is 3. The number of nitrogens with one attached hydrogen (secondary N) is 1. The Hall–Kier alpha value is -3.56. The monoisotopic (exact) mass is 453 g/mol. The molecule has 0 saturated carbocycles. The first-order valence-corrected chi connectivity index (χ1v) is 9.70. The molecule has 172 valence electrons. The van der Waals surface area contributed by atoms with E-state index in [9.17, 15) is 27.6 Å². The second-order valence-electron chi connectivity index (χ2n) is 6.37. The fraction of sp³-hybridized carbons (Fsp3) is 0.318. The van der Waals surface area contributed by atoms with Gasteiger partial charge in [-0.1, -0.05) is 18.2 Å². The number of carbonyl (C=O) groups excluding carboxylic acids is 3. The molecule has 7 nitrogen and oxygen atoms in total. The summed E-state index contributed by atoms with van der Waals surface area (Å²) in [6.45, 7) is 1.86. The van der Waals surface area contributed by atoms with Gasteiger partial charge in [0.1, 0.15) is 6.54 Å². The molecule has 0 spiro atoms. The van der Waals surface area contributed by atoms with Crippen LogP contribution in [0.25, 0.3) is 0 Å². The highest BCUT2D eigenvalue weighted by Gasteiger charge is 2.28.